The van der Waals surface area contributed by atoms with Crippen LogP contribution in [-0.4, -0.2) is 36.8 Å². The van der Waals surface area contributed by atoms with Crippen LogP contribution in [0.25, 0.3) is 0 Å². The highest BCUT2D eigenvalue weighted by atomic mass is 35.5. The molecule has 0 aromatic heterocycles. The Labute approximate surface area is 109 Å². The zero-order valence-electron chi connectivity index (χ0n) is 10.1. The molecular formula is C13H20ClNO2. The van der Waals surface area contributed by atoms with Crippen LogP contribution in [0.2, 0.25) is 0 Å². The second-order valence-electron chi connectivity index (χ2n) is 4.55. The lowest BCUT2D eigenvalue weighted by atomic mass is 10.00. The summed E-state index contributed by atoms with van der Waals surface area (Å²) in [5, 5.41) is 9.56. The number of halogens is 1. The number of hydrogen-bond acceptors (Lipinski definition) is 3. The molecule has 0 bridgehead atoms. The maximum Gasteiger partial charge on any atom is 0.160 e. The third-order valence-corrected chi connectivity index (χ3v) is 3.06. The maximum absolute atomic E-state index is 9.56. The Bertz CT molecular complexity index is 346. The molecule has 0 unspecified atom stereocenters. The minimum Gasteiger partial charge on any atom is -0.504 e. The molecule has 96 valence electrons. The molecule has 4 heteroatoms. The zero-order chi connectivity index (χ0) is 11.4. The summed E-state index contributed by atoms with van der Waals surface area (Å²) in [6.07, 6.45) is 2.46. The number of phenols is 1. The van der Waals surface area contributed by atoms with E-state index in [1.54, 1.807) is 12.1 Å². The van der Waals surface area contributed by atoms with Crippen LogP contribution in [0.4, 0.5) is 0 Å². The van der Waals surface area contributed by atoms with Crippen LogP contribution in [0.15, 0.2) is 24.3 Å². The Morgan fingerprint density at radius 3 is 2.88 bits per heavy atom. The van der Waals surface area contributed by atoms with E-state index in [4.69, 9.17) is 4.74 Å². The van der Waals surface area contributed by atoms with Crippen molar-refractivity contribution in [3.8, 4) is 11.5 Å². The number of aromatic hydroxyl groups is 1. The van der Waals surface area contributed by atoms with Gasteiger partial charge in [-0.3, -0.25) is 0 Å². The second kappa shape index (κ2) is 6.72. The lowest BCUT2D eigenvalue weighted by Gasteiger charge is -2.29. The van der Waals surface area contributed by atoms with E-state index < -0.39 is 0 Å². The summed E-state index contributed by atoms with van der Waals surface area (Å²) < 4.78 is 5.65. The molecule has 1 fully saturated rings. The van der Waals surface area contributed by atoms with Gasteiger partial charge in [-0.2, -0.15) is 0 Å². The van der Waals surface area contributed by atoms with E-state index in [0.29, 0.717) is 18.3 Å². The van der Waals surface area contributed by atoms with E-state index in [0.717, 1.165) is 6.54 Å². The van der Waals surface area contributed by atoms with E-state index in [2.05, 4.69) is 11.9 Å². The van der Waals surface area contributed by atoms with Gasteiger partial charge in [0, 0.05) is 12.5 Å². The predicted molar refractivity (Wildman–Crippen MR) is 71.1 cm³/mol. The van der Waals surface area contributed by atoms with Gasteiger partial charge in [-0.15, -0.1) is 12.4 Å². The highest BCUT2D eigenvalue weighted by molar-refractivity contribution is 5.85. The molecular weight excluding hydrogens is 238 g/mol. The SMILES string of the molecule is CN1CCC[C@H](COc2ccccc2O)C1.Cl. The molecule has 17 heavy (non-hydrogen) atoms. The van der Waals surface area contributed by atoms with Crippen LogP contribution in [0.3, 0.4) is 0 Å². The first-order chi connectivity index (χ1) is 7.75. The molecule has 1 saturated heterocycles. The molecule has 0 radical (unpaired) electrons. The van der Waals surface area contributed by atoms with Gasteiger partial charge in [0.1, 0.15) is 0 Å². The maximum atomic E-state index is 9.56. The summed E-state index contributed by atoms with van der Waals surface area (Å²) in [6, 6.07) is 7.14. The van der Waals surface area contributed by atoms with Crippen molar-refractivity contribution in [1.82, 2.24) is 4.90 Å². The fraction of sp³-hybridized carbons (Fsp3) is 0.538. The number of benzene rings is 1. The quantitative estimate of drug-likeness (QED) is 0.903. The highest BCUT2D eigenvalue weighted by Crippen LogP contribution is 2.25. The van der Waals surface area contributed by atoms with E-state index in [-0.39, 0.29) is 18.2 Å². The van der Waals surface area contributed by atoms with Crippen molar-refractivity contribution in [2.45, 2.75) is 12.8 Å². The fourth-order valence-corrected chi connectivity index (χ4v) is 2.20. The molecule has 1 aromatic carbocycles. The second-order valence-corrected chi connectivity index (χ2v) is 4.55. The Kier molecular flexibility index (Phi) is 5.59. The molecule has 1 aliphatic rings. The Morgan fingerprint density at radius 1 is 1.41 bits per heavy atom. The van der Waals surface area contributed by atoms with Crippen LogP contribution >= 0.6 is 12.4 Å². The monoisotopic (exact) mass is 257 g/mol. The average molecular weight is 258 g/mol. The first-order valence-electron chi connectivity index (χ1n) is 5.85. The number of likely N-dealkylation sites (tertiary alicyclic amines) is 1. The molecule has 3 nitrogen and oxygen atoms in total. The van der Waals surface area contributed by atoms with E-state index in [1.807, 2.05) is 12.1 Å². The molecule has 0 amide bonds. The number of hydrogen-bond donors (Lipinski definition) is 1. The first kappa shape index (κ1) is 14.1. The smallest absolute Gasteiger partial charge is 0.160 e. The van der Waals surface area contributed by atoms with Crippen molar-refractivity contribution in [3.63, 3.8) is 0 Å². The summed E-state index contributed by atoms with van der Waals surface area (Å²) in [4.78, 5) is 2.34. The number of ether oxygens (including phenoxy) is 1. The molecule has 0 spiro atoms. The third kappa shape index (κ3) is 4.10. The van der Waals surface area contributed by atoms with Gasteiger partial charge in [0.15, 0.2) is 11.5 Å². The summed E-state index contributed by atoms with van der Waals surface area (Å²) >= 11 is 0. The summed E-state index contributed by atoms with van der Waals surface area (Å²) in [5.41, 5.74) is 0. The summed E-state index contributed by atoms with van der Waals surface area (Å²) in [7, 11) is 2.14. The summed E-state index contributed by atoms with van der Waals surface area (Å²) in [5.74, 6) is 1.40. The zero-order valence-corrected chi connectivity index (χ0v) is 10.9. The van der Waals surface area contributed by atoms with Crippen molar-refractivity contribution in [3.05, 3.63) is 24.3 Å². The lowest BCUT2D eigenvalue weighted by molar-refractivity contribution is 0.148. The van der Waals surface area contributed by atoms with Crippen molar-refractivity contribution >= 4 is 12.4 Å². The van der Waals surface area contributed by atoms with Crippen LogP contribution in [0.1, 0.15) is 12.8 Å². The topological polar surface area (TPSA) is 32.7 Å². The fourth-order valence-electron chi connectivity index (χ4n) is 2.20. The van der Waals surface area contributed by atoms with Gasteiger partial charge in [0.25, 0.3) is 0 Å². The van der Waals surface area contributed by atoms with Crippen molar-refractivity contribution < 1.29 is 9.84 Å². The van der Waals surface area contributed by atoms with Gasteiger partial charge >= 0.3 is 0 Å². The van der Waals surface area contributed by atoms with Crippen LogP contribution in [0.5, 0.6) is 11.5 Å². The Balaban J connectivity index is 0.00000144. The van der Waals surface area contributed by atoms with Crippen LogP contribution in [0, 0.1) is 5.92 Å². The normalized spacial score (nSPS) is 20.6. The number of phenolic OH excluding ortho intramolecular Hbond substituents is 1. The largest absolute Gasteiger partial charge is 0.504 e. The highest BCUT2D eigenvalue weighted by Gasteiger charge is 2.17. The first-order valence-corrected chi connectivity index (χ1v) is 5.85. The number of piperidine rings is 1. The molecule has 1 aliphatic heterocycles. The summed E-state index contributed by atoms with van der Waals surface area (Å²) in [6.45, 7) is 2.97. The standard InChI is InChI=1S/C13H19NO2.ClH/c1-14-8-4-5-11(9-14)10-16-13-7-3-2-6-12(13)15;/h2-3,6-7,11,15H,4-5,8-10H2,1H3;1H/t11-;/m0./s1. The molecule has 1 N–H and O–H groups in total. The van der Waals surface area contributed by atoms with E-state index in [1.165, 1.54) is 19.4 Å². The van der Waals surface area contributed by atoms with Crippen molar-refractivity contribution in [2.24, 2.45) is 5.92 Å². The molecule has 0 saturated carbocycles. The number of nitrogens with zero attached hydrogens (tertiary/aromatic N) is 1. The van der Waals surface area contributed by atoms with Gasteiger partial charge in [-0.05, 0) is 38.6 Å². The molecule has 2 rings (SSSR count). The Hall–Kier alpha value is -0.930. The molecule has 1 atom stereocenters. The molecule has 1 heterocycles. The van der Waals surface area contributed by atoms with Gasteiger partial charge < -0.3 is 14.7 Å². The minimum atomic E-state index is 0. The minimum absolute atomic E-state index is 0. The average Bonchev–Trinajstić information content (AvgIpc) is 2.28. The molecule has 0 aliphatic carbocycles. The van der Waals surface area contributed by atoms with Gasteiger partial charge in [-0.1, -0.05) is 12.1 Å². The van der Waals surface area contributed by atoms with Crippen LogP contribution < -0.4 is 4.74 Å². The van der Waals surface area contributed by atoms with Crippen molar-refractivity contribution in [1.29, 1.82) is 0 Å². The number of rotatable bonds is 3. The number of para-hydroxylation sites is 2. The Morgan fingerprint density at radius 2 is 2.18 bits per heavy atom. The van der Waals surface area contributed by atoms with Crippen molar-refractivity contribution in [2.75, 3.05) is 26.7 Å². The van der Waals surface area contributed by atoms with E-state index in [9.17, 15) is 5.11 Å². The predicted octanol–water partition coefficient (Wildman–Crippen LogP) is 2.53. The van der Waals surface area contributed by atoms with Gasteiger partial charge in [0.05, 0.1) is 6.61 Å². The van der Waals surface area contributed by atoms with Gasteiger partial charge in [-0.25, -0.2) is 0 Å². The van der Waals surface area contributed by atoms with Crippen LogP contribution in [-0.2, 0) is 0 Å². The van der Waals surface area contributed by atoms with Gasteiger partial charge in [0.2, 0.25) is 0 Å². The molecule has 1 aromatic rings. The third-order valence-electron chi connectivity index (χ3n) is 3.06. The van der Waals surface area contributed by atoms with E-state index >= 15 is 0 Å². The lowest BCUT2D eigenvalue weighted by Crippen LogP contribution is -2.34.